The number of nitrogens with two attached hydrogens (primary N) is 1. The SMILES string of the molecule is Cc1cn(N=Cc2ccc(-c3ccc(C=O)c(O)c3)cc2)c(N)n1. The first-order valence-corrected chi connectivity index (χ1v) is 7.31. The summed E-state index contributed by atoms with van der Waals surface area (Å²) in [5, 5.41) is 14.0. The Morgan fingerprint density at radius 1 is 1.17 bits per heavy atom. The fourth-order valence-corrected chi connectivity index (χ4v) is 2.31. The second kappa shape index (κ2) is 6.37. The number of anilines is 1. The van der Waals surface area contributed by atoms with Crippen molar-refractivity contribution < 1.29 is 9.90 Å². The highest BCUT2D eigenvalue weighted by Gasteiger charge is 2.04. The number of carbonyl (C=O) groups is 1. The van der Waals surface area contributed by atoms with Crippen LogP contribution < -0.4 is 5.73 Å². The second-order valence-corrected chi connectivity index (χ2v) is 5.34. The molecule has 3 aromatic rings. The molecule has 0 radical (unpaired) electrons. The molecule has 0 aliphatic carbocycles. The molecule has 0 aliphatic heterocycles. The average Bonchev–Trinajstić information content (AvgIpc) is 2.91. The molecule has 120 valence electrons. The van der Waals surface area contributed by atoms with Gasteiger partial charge in [-0.1, -0.05) is 30.3 Å². The van der Waals surface area contributed by atoms with Gasteiger partial charge in [0, 0.05) is 0 Å². The summed E-state index contributed by atoms with van der Waals surface area (Å²) >= 11 is 0. The van der Waals surface area contributed by atoms with Gasteiger partial charge in [0.1, 0.15) is 5.75 Å². The number of nitrogens with zero attached hydrogens (tertiary/aromatic N) is 3. The number of aromatic hydroxyl groups is 1. The van der Waals surface area contributed by atoms with Crippen LogP contribution in [-0.4, -0.2) is 27.3 Å². The fraction of sp³-hybridized carbons (Fsp3) is 0.0556. The summed E-state index contributed by atoms with van der Waals surface area (Å²) < 4.78 is 1.51. The van der Waals surface area contributed by atoms with Gasteiger partial charge >= 0.3 is 0 Å². The number of phenolic OH excluding ortho intramolecular Hbond substituents is 1. The van der Waals surface area contributed by atoms with Gasteiger partial charge in [0.2, 0.25) is 5.95 Å². The lowest BCUT2D eigenvalue weighted by molar-refractivity contribution is 0.112. The van der Waals surface area contributed by atoms with Crippen molar-refractivity contribution in [3.63, 3.8) is 0 Å². The molecule has 2 aromatic carbocycles. The Labute approximate surface area is 138 Å². The highest BCUT2D eigenvalue weighted by molar-refractivity contribution is 5.83. The van der Waals surface area contributed by atoms with E-state index in [1.54, 1.807) is 30.6 Å². The zero-order chi connectivity index (χ0) is 17.1. The lowest BCUT2D eigenvalue weighted by atomic mass is 10.0. The maximum atomic E-state index is 10.7. The predicted octanol–water partition coefficient (Wildman–Crippen LogP) is 2.84. The number of aromatic nitrogens is 2. The van der Waals surface area contributed by atoms with Gasteiger partial charge in [0.15, 0.2) is 6.29 Å². The molecule has 6 heteroatoms. The Bertz CT molecular complexity index is 911. The van der Waals surface area contributed by atoms with Crippen LogP contribution in [0, 0.1) is 6.92 Å². The maximum Gasteiger partial charge on any atom is 0.221 e. The van der Waals surface area contributed by atoms with Gasteiger partial charge in [0.05, 0.1) is 23.7 Å². The molecule has 0 atom stereocenters. The molecule has 1 aromatic heterocycles. The first-order valence-electron chi connectivity index (χ1n) is 7.31. The summed E-state index contributed by atoms with van der Waals surface area (Å²) in [7, 11) is 0. The van der Waals surface area contributed by atoms with Gasteiger partial charge < -0.3 is 10.8 Å². The van der Waals surface area contributed by atoms with Crippen LogP contribution in [0.15, 0.2) is 53.8 Å². The number of phenols is 1. The van der Waals surface area contributed by atoms with E-state index in [4.69, 9.17) is 5.73 Å². The molecule has 24 heavy (non-hydrogen) atoms. The topological polar surface area (TPSA) is 93.5 Å². The number of hydrogen-bond acceptors (Lipinski definition) is 5. The summed E-state index contributed by atoms with van der Waals surface area (Å²) in [6.07, 6.45) is 4.06. The number of hydrogen-bond donors (Lipinski definition) is 2. The average molecular weight is 320 g/mol. The number of nitrogen functional groups attached to an aromatic ring is 1. The summed E-state index contributed by atoms with van der Waals surface area (Å²) in [6, 6.07) is 12.6. The molecule has 0 spiro atoms. The number of aryl methyl sites for hydroxylation is 1. The van der Waals surface area contributed by atoms with Crippen LogP contribution in [0.2, 0.25) is 0 Å². The number of rotatable bonds is 4. The number of aldehydes is 1. The molecule has 0 saturated carbocycles. The van der Waals surface area contributed by atoms with E-state index in [1.165, 1.54) is 4.68 Å². The zero-order valence-electron chi connectivity index (χ0n) is 13.0. The van der Waals surface area contributed by atoms with Crippen molar-refractivity contribution in [1.82, 2.24) is 9.66 Å². The van der Waals surface area contributed by atoms with Crippen LogP contribution in [0.3, 0.4) is 0 Å². The lowest BCUT2D eigenvalue weighted by Crippen LogP contribution is -1.96. The van der Waals surface area contributed by atoms with Crippen molar-refractivity contribution in [2.75, 3.05) is 5.73 Å². The molecular weight excluding hydrogens is 304 g/mol. The molecule has 3 rings (SSSR count). The molecule has 0 bridgehead atoms. The minimum atomic E-state index is -0.0286. The van der Waals surface area contributed by atoms with E-state index in [1.807, 2.05) is 31.2 Å². The van der Waals surface area contributed by atoms with Crippen molar-refractivity contribution in [3.05, 3.63) is 65.5 Å². The quantitative estimate of drug-likeness (QED) is 0.571. The fourth-order valence-electron chi connectivity index (χ4n) is 2.31. The summed E-state index contributed by atoms with van der Waals surface area (Å²) in [4.78, 5) is 14.8. The summed E-state index contributed by atoms with van der Waals surface area (Å²) in [6.45, 7) is 1.85. The normalized spacial score (nSPS) is 11.0. The van der Waals surface area contributed by atoms with Crippen LogP contribution in [0.4, 0.5) is 5.95 Å². The Balaban J connectivity index is 1.81. The van der Waals surface area contributed by atoms with E-state index in [9.17, 15) is 9.90 Å². The zero-order valence-corrected chi connectivity index (χ0v) is 13.0. The van der Waals surface area contributed by atoms with Crippen LogP contribution in [-0.2, 0) is 0 Å². The van der Waals surface area contributed by atoms with Crippen molar-refractivity contribution >= 4 is 18.4 Å². The predicted molar refractivity (Wildman–Crippen MR) is 93.3 cm³/mol. The highest BCUT2D eigenvalue weighted by Crippen LogP contribution is 2.25. The van der Waals surface area contributed by atoms with Gasteiger partial charge in [-0.05, 0) is 35.7 Å². The largest absolute Gasteiger partial charge is 0.507 e. The molecule has 0 aliphatic rings. The minimum Gasteiger partial charge on any atom is -0.507 e. The standard InChI is InChI=1S/C18H16N4O2/c1-12-10-22(18(19)21-12)20-9-13-2-4-14(5-3-13)15-6-7-16(11-23)17(24)8-15/h2-11,24H,1H3,(H2,19,21). The molecule has 0 fully saturated rings. The van der Waals surface area contributed by atoms with E-state index < -0.39 is 0 Å². The molecule has 6 nitrogen and oxygen atoms in total. The van der Waals surface area contributed by atoms with Gasteiger partial charge in [-0.15, -0.1) is 0 Å². The maximum absolute atomic E-state index is 10.7. The first-order chi connectivity index (χ1) is 11.6. The van der Waals surface area contributed by atoms with E-state index in [0.29, 0.717) is 12.2 Å². The Morgan fingerprint density at radius 3 is 2.46 bits per heavy atom. The summed E-state index contributed by atoms with van der Waals surface area (Å²) in [5.41, 5.74) is 9.47. The van der Waals surface area contributed by atoms with Crippen molar-refractivity contribution in [2.45, 2.75) is 6.92 Å². The van der Waals surface area contributed by atoms with Gasteiger partial charge in [-0.2, -0.15) is 5.10 Å². The number of imidazole rings is 1. The van der Waals surface area contributed by atoms with Crippen LogP contribution in [0.1, 0.15) is 21.6 Å². The van der Waals surface area contributed by atoms with E-state index in [-0.39, 0.29) is 11.3 Å². The smallest absolute Gasteiger partial charge is 0.221 e. The van der Waals surface area contributed by atoms with Crippen molar-refractivity contribution in [3.8, 4) is 16.9 Å². The van der Waals surface area contributed by atoms with Crippen LogP contribution >= 0.6 is 0 Å². The summed E-state index contributed by atoms with van der Waals surface area (Å²) in [5.74, 6) is 0.310. The van der Waals surface area contributed by atoms with Crippen LogP contribution in [0.25, 0.3) is 11.1 Å². The van der Waals surface area contributed by atoms with Gasteiger partial charge in [-0.25, -0.2) is 9.66 Å². The molecular formula is C18H16N4O2. The lowest BCUT2D eigenvalue weighted by Gasteiger charge is -2.04. The third-order valence-electron chi connectivity index (χ3n) is 3.57. The molecule has 0 unspecified atom stereocenters. The van der Waals surface area contributed by atoms with Crippen molar-refractivity contribution in [1.29, 1.82) is 0 Å². The molecule has 0 saturated heterocycles. The molecule has 0 amide bonds. The van der Waals surface area contributed by atoms with Crippen LogP contribution in [0.5, 0.6) is 5.75 Å². The molecule has 1 heterocycles. The Kier molecular flexibility index (Phi) is 4.11. The first kappa shape index (κ1) is 15.5. The molecule has 3 N–H and O–H groups in total. The van der Waals surface area contributed by atoms with Gasteiger partial charge in [-0.3, -0.25) is 4.79 Å². The number of benzene rings is 2. The second-order valence-electron chi connectivity index (χ2n) is 5.34. The van der Waals surface area contributed by atoms with Gasteiger partial charge in [0.25, 0.3) is 0 Å². The van der Waals surface area contributed by atoms with Crippen molar-refractivity contribution in [2.24, 2.45) is 5.10 Å². The highest BCUT2D eigenvalue weighted by atomic mass is 16.3. The third kappa shape index (κ3) is 3.17. The minimum absolute atomic E-state index is 0.0286. The third-order valence-corrected chi connectivity index (χ3v) is 3.57. The van der Waals surface area contributed by atoms with E-state index >= 15 is 0 Å². The Morgan fingerprint density at radius 2 is 1.88 bits per heavy atom. The van der Waals surface area contributed by atoms with E-state index in [0.717, 1.165) is 22.4 Å². The number of carbonyl (C=O) groups excluding carboxylic acids is 1. The van der Waals surface area contributed by atoms with E-state index in [2.05, 4.69) is 10.1 Å². The Hall–Kier alpha value is -3.41. The monoisotopic (exact) mass is 320 g/mol.